The third kappa shape index (κ3) is 3.01. The first-order valence-electron chi connectivity index (χ1n) is 6.49. The van der Waals surface area contributed by atoms with E-state index in [1.54, 1.807) is 0 Å². The van der Waals surface area contributed by atoms with Crippen LogP contribution >= 0.6 is 0 Å². The Morgan fingerprint density at radius 1 is 1.33 bits per heavy atom. The average molecular weight is 254 g/mol. The van der Waals surface area contributed by atoms with Crippen LogP contribution in [-0.4, -0.2) is 41.9 Å². The molecule has 1 N–H and O–H groups in total. The lowest BCUT2D eigenvalue weighted by Crippen LogP contribution is -2.49. The fourth-order valence-corrected chi connectivity index (χ4v) is 2.39. The fraction of sp³-hybridized carbons (Fsp3) is 0.714. The number of hydrogen-bond donors (Lipinski definition) is 1. The number of hydrogen-bond acceptors (Lipinski definition) is 4. The molecule has 1 fully saturated rings. The van der Waals surface area contributed by atoms with Crippen LogP contribution in [0.1, 0.15) is 27.2 Å². The van der Waals surface area contributed by atoms with E-state index in [1.807, 2.05) is 32.9 Å². The van der Waals surface area contributed by atoms with Crippen LogP contribution in [0.2, 0.25) is 0 Å². The summed E-state index contributed by atoms with van der Waals surface area (Å²) >= 11 is 0. The van der Waals surface area contributed by atoms with Gasteiger partial charge < -0.3 is 19.3 Å². The van der Waals surface area contributed by atoms with E-state index in [-0.39, 0.29) is 24.4 Å². The van der Waals surface area contributed by atoms with Crippen LogP contribution in [0.15, 0.2) is 24.3 Å². The van der Waals surface area contributed by atoms with Crippen molar-refractivity contribution >= 4 is 0 Å². The van der Waals surface area contributed by atoms with Crippen LogP contribution in [0.5, 0.6) is 0 Å². The highest BCUT2D eigenvalue weighted by atomic mass is 16.7. The third-order valence-corrected chi connectivity index (χ3v) is 3.48. The van der Waals surface area contributed by atoms with E-state index in [0.29, 0.717) is 6.42 Å². The minimum absolute atomic E-state index is 0.0594. The van der Waals surface area contributed by atoms with E-state index < -0.39 is 12.4 Å². The largest absolute Gasteiger partial charge is 0.390 e. The molecule has 102 valence electrons. The molecule has 6 atom stereocenters. The Hall–Kier alpha value is -0.680. The fourth-order valence-electron chi connectivity index (χ4n) is 2.39. The zero-order valence-corrected chi connectivity index (χ0v) is 11.2. The van der Waals surface area contributed by atoms with Crippen molar-refractivity contribution in [2.24, 2.45) is 0 Å². The lowest BCUT2D eigenvalue weighted by atomic mass is 9.99. The number of aliphatic hydroxyl groups is 1. The van der Waals surface area contributed by atoms with Crippen LogP contribution in [0.25, 0.3) is 0 Å². The Morgan fingerprint density at radius 2 is 2.06 bits per heavy atom. The monoisotopic (exact) mass is 254 g/mol. The molecule has 0 aromatic heterocycles. The van der Waals surface area contributed by atoms with Gasteiger partial charge in [0.2, 0.25) is 0 Å². The maximum absolute atomic E-state index is 10.1. The molecule has 2 heterocycles. The van der Waals surface area contributed by atoms with Crippen molar-refractivity contribution < 1.29 is 19.3 Å². The zero-order chi connectivity index (χ0) is 13.3. The summed E-state index contributed by atoms with van der Waals surface area (Å²) in [7, 11) is 0. The Bertz CT molecular complexity index is 327. The Morgan fingerprint density at radius 3 is 2.67 bits per heavy atom. The van der Waals surface area contributed by atoms with Crippen molar-refractivity contribution in [2.75, 3.05) is 0 Å². The minimum Gasteiger partial charge on any atom is -0.390 e. The topological polar surface area (TPSA) is 47.9 Å². The highest BCUT2D eigenvalue weighted by molar-refractivity contribution is 5.21. The smallest absolute Gasteiger partial charge is 0.178 e. The van der Waals surface area contributed by atoms with E-state index in [1.165, 1.54) is 0 Å². The van der Waals surface area contributed by atoms with Crippen molar-refractivity contribution in [1.29, 1.82) is 0 Å². The van der Waals surface area contributed by atoms with Gasteiger partial charge in [0.1, 0.15) is 6.10 Å². The molecule has 6 unspecified atom stereocenters. The number of ether oxygens (including phenoxy) is 3. The molecular formula is C14H22O4. The van der Waals surface area contributed by atoms with Crippen LogP contribution in [0, 0.1) is 0 Å². The van der Waals surface area contributed by atoms with Gasteiger partial charge in [-0.25, -0.2) is 0 Å². The molecule has 18 heavy (non-hydrogen) atoms. The summed E-state index contributed by atoms with van der Waals surface area (Å²) in [5.74, 6) is 0. The third-order valence-electron chi connectivity index (χ3n) is 3.48. The molecule has 0 aromatic carbocycles. The van der Waals surface area contributed by atoms with Gasteiger partial charge in [-0.1, -0.05) is 12.7 Å². The van der Waals surface area contributed by atoms with Crippen molar-refractivity contribution in [3.63, 3.8) is 0 Å². The summed E-state index contributed by atoms with van der Waals surface area (Å²) < 4.78 is 17.1. The Balaban J connectivity index is 1.96. The van der Waals surface area contributed by atoms with Crippen LogP contribution < -0.4 is 0 Å². The summed E-state index contributed by atoms with van der Waals surface area (Å²) in [6, 6.07) is 0. The molecule has 0 aliphatic carbocycles. The van der Waals surface area contributed by atoms with Crippen LogP contribution in [-0.2, 0) is 14.2 Å². The van der Waals surface area contributed by atoms with E-state index in [9.17, 15) is 5.11 Å². The minimum atomic E-state index is -0.513. The van der Waals surface area contributed by atoms with Gasteiger partial charge in [-0.3, -0.25) is 0 Å². The number of aliphatic hydroxyl groups excluding tert-OH is 1. The van der Waals surface area contributed by atoms with Crippen molar-refractivity contribution in [3.05, 3.63) is 24.3 Å². The molecule has 4 heteroatoms. The van der Waals surface area contributed by atoms with E-state index in [0.717, 1.165) is 5.57 Å². The van der Waals surface area contributed by atoms with Crippen molar-refractivity contribution in [2.45, 2.75) is 64.0 Å². The predicted octanol–water partition coefficient (Wildman–Crippen LogP) is 1.79. The summed E-state index contributed by atoms with van der Waals surface area (Å²) in [6.07, 6.45) is 2.88. The van der Waals surface area contributed by atoms with E-state index in [2.05, 4.69) is 6.58 Å². The summed E-state index contributed by atoms with van der Waals surface area (Å²) in [5.41, 5.74) is 0.928. The summed E-state index contributed by atoms with van der Waals surface area (Å²) in [6.45, 7) is 9.68. The first kappa shape index (κ1) is 13.7. The van der Waals surface area contributed by atoms with Gasteiger partial charge in [-0.15, -0.1) is 0 Å². The van der Waals surface area contributed by atoms with E-state index >= 15 is 0 Å². The van der Waals surface area contributed by atoms with Gasteiger partial charge in [-0.05, 0) is 32.4 Å². The maximum Gasteiger partial charge on any atom is 0.178 e. The van der Waals surface area contributed by atoms with Gasteiger partial charge in [-0.2, -0.15) is 0 Å². The molecule has 0 bridgehead atoms. The van der Waals surface area contributed by atoms with Gasteiger partial charge in [0.05, 0.1) is 24.4 Å². The van der Waals surface area contributed by atoms with Gasteiger partial charge in [0, 0.05) is 6.42 Å². The van der Waals surface area contributed by atoms with Crippen molar-refractivity contribution in [3.8, 4) is 0 Å². The summed E-state index contributed by atoms with van der Waals surface area (Å²) in [4.78, 5) is 0. The zero-order valence-electron chi connectivity index (χ0n) is 11.2. The quantitative estimate of drug-likeness (QED) is 0.816. The first-order valence-corrected chi connectivity index (χ1v) is 6.49. The second kappa shape index (κ2) is 5.53. The average Bonchev–Trinajstić information content (AvgIpc) is 2.28. The normalized spacial score (nSPS) is 45.2. The molecule has 2 aliphatic rings. The molecule has 0 amide bonds. The second-order valence-electron chi connectivity index (χ2n) is 5.14. The molecule has 2 aliphatic heterocycles. The van der Waals surface area contributed by atoms with E-state index in [4.69, 9.17) is 14.2 Å². The van der Waals surface area contributed by atoms with Crippen LogP contribution in [0.4, 0.5) is 0 Å². The molecule has 2 rings (SSSR count). The predicted molar refractivity (Wildman–Crippen MR) is 68.1 cm³/mol. The molecule has 0 spiro atoms. The molecule has 4 nitrogen and oxygen atoms in total. The van der Waals surface area contributed by atoms with Gasteiger partial charge in [0.15, 0.2) is 6.29 Å². The first-order chi connectivity index (χ1) is 8.47. The Kier molecular flexibility index (Phi) is 4.22. The van der Waals surface area contributed by atoms with Crippen molar-refractivity contribution in [1.82, 2.24) is 0 Å². The SMILES string of the molecule is C=C1C=CC(OC2C(O)CC(C)OC2C)OC1C. The summed E-state index contributed by atoms with van der Waals surface area (Å²) in [5, 5.41) is 10.1. The molecule has 0 saturated carbocycles. The maximum atomic E-state index is 10.1. The molecule has 0 aromatic rings. The molecule has 1 saturated heterocycles. The second-order valence-corrected chi connectivity index (χ2v) is 5.14. The highest BCUT2D eigenvalue weighted by Crippen LogP contribution is 2.26. The van der Waals surface area contributed by atoms with Gasteiger partial charge in [0.25, 0.3) is 0 Å². The lowest BCUT2D eigenvalue weighted by molar-refractivity contribution is -0.238. The standard InChI is InChI=1S/C14H22O4/c1-8-5-6-13(17-10(8)3)18-14-11(4)16-9(2)7-12(14)15/h5-6,9-15H,1,7H2,2-4H3. The molecule has 0 radical (unpaired) electrons. The lowest BCUT2D eigenvalue weighted by Gasteiger charge is -2.39. The highest BCUT2D eigenvalue weighted by Gasteiger charge is 2.36. The Labute approximate surface area is 108 Å². The van der Waals surface area contributed by atoms with Crippen LogP contribution in [0.3, 0.4) is 0 Å². The number of rotatable bonds is 2. The van der Waals surface area contributed by atoms with Gasteiger partial charge >= 0.3 is 0 Å². The molecular weight excluding hydrogens is 232 g/mol.